The summed E-state index contributed by atoms with van der Waals surface area (Å²) in [7, 11) is 2.15. The third kappa shape index (κ3) is 4.34. The molecule has 0 bridgehead atoms. The van der Waals surface area contributed by atoms with Gasteiger partial charge in [0, 0.05) is 13.1 Å². The van der Waals surface area contributed by atoms with Crippen molar-refractivity contribution in [2.75, 3.05) is 33.3 Å². The molecule has 2 rings (SSSR count). The van der Waals surface area contributed by atoms with Gasteiger partial charge in [0.15, 0.2) is 0 Å². The van der Waals surface area contributed by atoms with Gasteiger partial charge in [0.2, 0.25) is 0 Å². The zero-order chi connectivity index (χ0) is 16.8. The molecule has 2 heterocycles. The second-order valence-electron chi connectivity index (χ2n) is 6.63. The second-order valence-corrected chi connectivity index (χ2v) is 7.58. The Balaban J connectivity index is 2.09. The van der Waals surface area contributed by atoms with Crippen LogP contribution in [-0.4, -0.2) is 60.1 Å². The first-order chi connectivity index (χ1) is 11.1. The van der Waals surface area contributed by atoms with E-state index < -0.39 is 0 Å². The minimum atomic E-state index is -0.0568. The Morgan fingerprint density at radius 3 is 2.83 bits per heavy atom. The van der Waals surface area contributed by atoms with E-state index in [1.165, 1.54) is 24.2 Å². The number of hydrogen-bond acceptors (Lipinski definition) is 4. The molecular weight excluding hydrogens is 308 g/mol. The first-order valence-corrected chi connectivity index (χ1v) is 9.64. The predicted molar refractivity (Wildman–Crippen MR) is 95.9 cm³/mol. The largest absolute Gasteiger partial charge is 0.394 e. The summed E-state index contributed by atoms with van der Waals surface area (Å²) in [6, 6.07) is 3.73. The van der Waals surface area contributed by atoms with Gasteiger partial charge in [-0.1, -0.05) is 32.8 Å². The lowest BCUT2D eigenvalue weighted by Crippen LogP contribution is -2.43. The fraction of sp³-hybridized carbons (Fsp3) is 0.722. The van der Waals surface area contributed by atoms with E-state index in [-0.39, 0.29) is 18.6 Å². The van der Waals surface area contributed by atoms with Crippen molar-refractivity contribution in [1.82, 2.24) is 9.80 Å². The van der Waals surface area contributed by atoms with Crippen LogP contribution in [-0.2, 0) is 0 Å². The van der Waals surface area contributed by atoms with Gasteiger partial charge in [0.1, 0.15) is 0 Å². The van der Waals surface area contributed by atoms with Crippen LogP contribution in [0.5, 0.6) is 0 Å². The minimum Gasteiger partial charge on any atom is -0.394 e. The van der Waals surface area contributed by atoms with Crippen molar-refractivity contribution in [2.24, 2.45) is 11.8 Å². The van der Waals surface area contributed by atoms with Crippen molar-refractivity contribution in [3.63, 3.8) is 0 Å². The fourth-order valence-corrected chi connectivity index (χ4v) is 4.34. The van der Waals surface area contributed by atoms with Crippen molar-refractivity contribution in [2.45, 2.75) is 39.2 Å². The highest BCUT2D eigenvalue weighted by molar-refractivity contribution is 7.12. The number of carbonyl (C=O) groups excluding carboxylic acids is 1. The summed E-state index contributed by atoms with van der Waals surface area (Å²) in [5.74, 6) is 0.909. The smallest absolute Gasteiger partial charge is 0.264 e. The molecule has 0 unspecified atom stereocenters. The van der Waals surface area contributed by atoms with E-state index >= 15 is 0 Å². The van der Waals surface area contributed by atoms with Crippen LogP contribution in [0.3, 0.4) is 0 Å². The topological polar surface area (TPSA) is 43.8 Å². The molecule has 1 aromatic rings. The van der Waals surface area contributed by atoms with Crippen LogP contribution >= 0.6 is 11.3 Å². The number of rotatable bonds is 8. The molecule has 1 aliphatic heterocycles. The summed E-state index contributed by atoms with van der Waals surface area (Å²) < 4.78 is 0. The summed E-state index contributed by atoms with van der Waals surface area (Å²) in [5, 5.41) is 11.9. The van der Waals surface area contributed by atoms with E-state index in [0.29, 0.717) is 11.8 Å². The van der Waals surface area contributed by atoms with Gasteiger partial charge in [-0.25, -0.2) is 0 Å². The number of nitrogens with zero attached hydrogens (tertiary/aromatic N) is 2. The minimum absolute atomic E-state index is 0.0555. The highest BCUT2D eigenvalue weighted by Crippen LogP contribution is 2.34. The number of unbranched alkanes of at least 4 members (excludes halogenated alkanes) is 1. The van der Waals surface area contributed by atoms with Crippen molar-refractivity contribution in [3.05, 3.63) is 22.4 Å². The van der Waals surface area contributed by atoms with Gasteiger partial charge in [-0.3, -0.25) is 4.79 Å². The molecule has 1 aliphatic rings. The van der Waals surface area contributed by atoms with Crippen LogP contribution < -0.4 is 0 Å². The third-order valence-corrected chi connectivity index (χ3v) is 5.91. The lowest BCUT2D eigenvalue weighted by atomic mass is 9.88. The van der Waals surface area contributed by atoms with Crippen LogP contribution in [0.25, 0.3) is 0 Å². The van der Waals surface area contributed by atoms with Crippen LogP contribution in [0.2, 0.25) is 0 Å². The molecule has 23 heavy (non-hydrogen) atoms. The lowest BCUT2D eigenvalue weighted by Gasteiger charge is -2.30. The molecule has 0 aliphatic carbocycles. The van der Waals surface area contributed by atoms with E-state index in [9.17, 15) is 9.90 Å². The lowest BCUT2D eigenvalue weighted by molar-refractivity contribution is 0.0627. The zero-order valence-electron chi connectivity index (χ0n) is 14.6. The average molecular weight is 339 g/mol. The normalized spacial score (nSPS) is 24.6. The highest BCUT2D eigenvalue weighted by atomic mass is 32.1. The summed E-state index contributed by atoms with van der Waals surface area (Å²) >= 11 is 1.48. The Morgan fingerprint density at radius 1 is 1.48 bits per heavy atom. The molecular formula is C18H30N2O2S. The van der Waals surface area contributed by atoms with Crippen LogP contribution in [0.4, 0.5) is 0 Å². The Bertz CT molecular complexity index is 477. The van der Waals surface area contributed by atoms with Gasteiger partial charge in [-0.05, 0) is 43.3 Å². The van der Waals surface area contributed by atoms with E-state index in [1.54, 1.807) is 0 Å². The van der Waals surface area contributed by atoms with E-state index in [0.717, 1.165) is 30.9 Å². The monoisotopic (exact) mass is 338 g/mol. The number of aliphatic hydroxyl groups is 1. The second kappa shape index (κ2) is 8.81. The quantitative estimate of drug-likeness (QED) is 0.792. The first kappa shape index (κ1) is 18.4. The summed E-state index contributed by atoms with van der Waals surface area (Å²) in [6.45, 7) is 7.26. The SMILES string of the molecule is CCCCN(C)C[C@@H]1[C@H](CC)CN(C(=O)c2cccs2)[C@@H]1CO. The molecule has 4 nitrogen and oxygen atoms in total. The number of amides is 1. The standard InChI is InChI=1S/C18H30N2O2S/c1-4-6-9-19(3)12-15-14(5-2)11-20(16(15)13-21)18(22)17-8-7-10-23-17/h7-8,10,14-16,21H,4-6,9,11-13H2,1-3H3/t14-,15-,16-/m1/s1. The molecule has 0 spiro atoms. The number of hydrogen-bond donors (Lipinski definition) is 1. The summed E-state index contributed by atoms with van der Waals surface area (Å²) in [4.78, 5) is 17.8. The molecule has 1 amide bonds. The number of likely N-dealkylation sites (tertiary alicyclic amines) is 1. The molecule has 0 radical (unpaired) electrons. The van der Waals surface area contributed by atoms with Gasteiger partial charge in [0.25, 0.3) is 5.91 Å². The maximum absolute atomic E-state index is 12.8. The van der Waals surface area contributed by atoms with Crippen LogP contribution in [0, 0.1) is 11.8 Å². The van der Waals surface area contributed by atoms with Crippen molar-refractivity contribution >= 4 is 17.2 Å². The van der Waals surface area contributed by atoms with Crippen molar-refractivity contribution in [3.8, 4) is 0 Å². The molecule has 5 heteroatoms. The molecule has 130 valence electrons. The Morgan fingerprint density at radius 2 is 2.26 bits per heavy atom. The third-order valence-electron chi connectivity index (χ3n) is 5.05. The molecule has 0 aromatic carbocycles. The van der Waals surface area contributed by atoms with Gasteiger partial charge < -0.3 is 14.9 Å². The van der Waals surface area contributed by atoms with Crippen LogP contribution in [0.15, 0.2) is 17.5 Å². The van der Waals surface area contributed by atoms with Crippen molar-refractivity contribution in [1.29, 1.82) is 0 Å². The summed E-state index contributed by atoms with van der Waals surface area (Å²) in [6.07, 6.45) is 3.44. The zero-order valence-corrected chi connectivity index (χ0v) is 15.4. The highest BCUT2D eigenvalue weighted by Gasteiger charge is 2.43. The first-order valence-electron chi connectivity index (χ1n) is 8.76. The molecule has 1 fully saturated rings. The fourth-order valence-electron chi connectivity index (χ4n) is 3.66. The van der Waals surface area contributed by atoms with E-state index in [1.807, 2.05) is 22.4 Å². The van der Waals surface area contributed by atoms with Gasteiger partial charge in [0.05, 0.1) is 17.5 Å². The molecule has 3 atom stereocenters. The molecule has 1 saturated heterocycles. The van der Waals surface area contributed by atoms with E-state index in [2.05, 4.69) is 25.8 Å². The Labute approximate surface area is 144 Å². The van der Waals surface area contributed by atoms with Crippen LogP contribution in [0.1, 0.15) is 42.8 Å². The van der Waals surface area contributed by atoms with E-state index in [4.69, 9.17) is 0 Å². The molecule has 0 saturated carbocycles. The Kier molecular flexibility index (Phi) is 7.06. The maximum Gasteiger partial charge on any atom is 0.264 e. The summed E-state index contributed by atoms with van der Waals surface area (Å²) in [5.41, 5.74) is 0. The molecule has 1 N–H and O–H groups in total. The average Bonchev–Trinajstić information content (AvgIpc) is 3.19. The predicted octanol–water partition coefficient (Wildman–Crippen LogP) is 2.94. The van der Waals surface area contributed by atoms with Gasteiger partial charge in [-0.2, -0.15) is 0 Å². The Hall–Kier alpha value is -0.910. The van der Waals surface area contributed by atoms with Gasteiger partial charge >= 0.3 is 0 Å². The number of carbonyl (C=O) groups is 1. The number of aliphatic hydroxyl groups excluding tert-OH is 1. The number of thiophene rings is 1. The molecule has 1 aromatic heterocycles. The van der Waals surface area contributed by atoms with Gasteiger partial charge in [-0.15, -0.1) is 11.3 Å². The maximum atomic E-state index is 12.8. The van der Waals surface area contributed by atoms with Crippen molar-refractivity contribution < 1.29 is 9.90 Å².